The Hall–Kier alpha value is -0.710. The van der Waals surface area contributed by atoms with Crippen LogP contribution < -0.4 is 5.32 Å². The lowest BCUT2D eigenvalue weighted by Gasteiger charge is -2.55. The quantitative estimate of drug-likeness (QED) is 0.822. The molecule has 4 fully saturated rings. The highest BCUT2D eigenvalue weighted by Gasteiger charge is 2.54. The third kappa shape index (κ3) is 2.37. The molecule has 0 atom stereocenters. The van der Waals surface area contributed by atoms with Gasteiger partial charge in [0, 0.05) is 5.41 Å². The van der Waals surface area contributed by atoms with Crippen molar-refractivity contribution < 1.29 is 18.7 Å². The number of carbonyl (C=O) groups excluding carboxylic acids is 1. The van der Waals surface area contributed by atoms with Crippen molar-refractivity contribution in [2.24, 2.45) is 23.2 Å². The Bertz CT molecular complexity index is 348. The number of aliphatic hydroxyl groups is 1. The summed E-state index contributed by atoms with van der Waals surface area (Å²) in [6.07, 6.45) is 6.28. The van der Waals surface area contributed by atoms with Crippen molar-refractivity contribution in [3.63, 3.8) is 0 Å². The predicted molar refractivity (Wildman–Crippen MR) is 65.6 cm³/mol. The number of aliphatic hydroxyl groups excluding tert-OH is 1. The summed E-state index contributed by atoms with van der Waals surface area (Å²) < 4.78 is 26.0. The second-order valence-electron chi connectivity index (χ2n) is 6.89. The molecule has 108 valence electrons. The Kier molecular flexibility index (Phi) is 3.08. The maximum absolute atomic E-state index is 13.0. The van der Waals surface area contributed by atoms with Gasteiger partial charge in [-0.2, -0.15) is 0 Å². The average molecular weight is 273 g/mol. The molecule has 5 heteroatoms. The second kappa shape index (κ2) is 4.40. The van der Waals surface area contributed by atoms with E-state index in [4.69, 9.17) is 5.11 Å². The first-order valence-corrected chi connectivity index (χ1v) is 7.19. The third-order valence-electron chi connectivity index (χ3n) is 5.26. The number of amides is 1. The molecule has 4 aliphatic carbocycles. The van der Waals surface area contributed by atoms with Gasteiger partial charge in [-0.1, -0.05) is 0 Å². The molecule has 0 aromatic heterocycles. The number of nitrogens with one attached hydrogen (secondary N) is 1. The zero-order valence-corrected chi connectivity index (χ0v) is 11.0. The standard InChI is InChI=1S/C14H21F2NO2/c15-14(16,8-18)7-17-12(19)13-4-9-1-10(5-13)3-11(2-9)6-13/h9-11,18H,1-8H2,(H,17,19). The number of alkyl halides is 2. The van der Waals surface area contributed by atoms with Gasteiger partial charge in [-0.15, -0.1) is 0 Å². The summed E-state index contributed by atoms with van der Waals surface area (Å²) in [6.45, 7) is -1.96. The van der Waals surface area contributed by atoms with E-state index in [1.165, 1.54) is 19.3 Å². The van der Waals surface area contributed by atoms with Crippen LogP contribution in [0.15, 0.2) is 0 Å². The monoisotopic (exact) mass is 273 g/mol. The van der Waals surface area contributed by atoms with Crippen LogP contribution in [-0.2, 0) is 4.79 Å². The van der Waals surface area contributed by atoms with E-state index in [9.17, 15) is 13.6 Å². The fourth-order valence-electron chi connectivity index (χ4n) is 4.84. The van der Waals surface area contributed by atoms with Crippen LogP contribution in [0.5, 0.6) is 0 Å². The largest absolute Gasteiger partial charge is 0.390 e. The van der Waals surface area contributed by atoms with Crippen molar-refractivity contribution in [3.8, 4) is 0 Å². The minimum absolute atomic E-state index is 0.209. The minimum atomic E-state index is -3.21. The van der Waals surface area contributed by atoms with E-state index in [-0.39, 0.29) is 11.3 Å². The lowest BCUT2D eigenvalue weighted by atomic mass is 9.49. The van der Waals surface area contributed by atoms with Crippen LogP contribution in [0, 0.1) is 23.2 Å². The maximum Gasteiger partial charge on any atom is 0.287 e. The van der Waals surface area contributed by atoms with E-state index in [0.717, 1.165) is 19.3 Å². The molecule has 0 spiro atoms. The Morgan fingerprint density at radius 3 is 2.05 bits per heavy atom. The molecule has 0 unspecified atom stereocenters. The van der Waals surface area contributed by atoms with E-state index < -0.39 is 19.1 Å². The Morgan fingerprint density at radius 2 is 1.63 bits per heavy atom. The first-order valence-electron chi connectivity index (χ1n) is 7.19. The molecule has 19 heavy (non-hydrogen) atoms. The molecule has 4 bridgehead atoms. The molecular weight excluding hydrogens is 252 g/mol. The normalized spacial score (nSPS) is 40.5. The number of hydrogen-bond acceptors (Lipinski definition) is 2. The van der Waals surface area contributed by atoms with Crippen molar-refractivity contribution in [2.75, 3.05) is 13.2 Å². The highest BCUT2D eigenvalue weighted by atomic mass is 19.3. The molecule has 4 aliphatic rings. The van der Waals surface area contributed by atoms with E-state index in [1.54, 1.807) is 0 Å². The topological polar surface area (TPSA) is 49.3 Å². The summed E-state index contributed by atoms with van der Waals surface area (Å²) in [4.78, 5) is 12.3. The van der Waals surface area contributed by atoms with Gasteiger partial charge in [0.25, 0.3) is 5.92 Å². The van der Waals surface area contributed by atoms with E-state index in [1.807, 2.05) is 0 Å². The van der Waals surface area contributed by atoms with Crippen LogP contribution in [0.1, 0.15) is 38.5 Å². The molecule has 0 heterocycles. The van der Waals surface area contributed by atoms with Gasteiger partial charge in [0.15, 0.2) is 0 Å². The lowest BCUT2D eigenvalue weighted by molar-refractivity contribution is -0.148. The number of carbonyl (C=O) groups is 1. The lowest BCUT2D eigenvalue weighted by Crippen LogP contribution is -2.55. The maximum atomic E-state index is 13.0. The van der Waals surface area contributed by atoms with Gasteiger partial charge < -0.3 is 10.4 Å². The summed E-state index contributed by atoms with van der Waals surface area (Å²) in [5.74, 6) is -1.56. The van der Waals surface area contributed by atoms with Gasteiger partial charge in [0.05, 0.1) is 6.54 Å². The zero-order valence-electron chi connectivity index (χ0n) is 11.0. The molecule has 2 N–H and O–H groups in total. The SMILES string of the molecule is O=C(NCC(F)(F)CO)C12CC3CC(CC(C3)C1)C2. The third-order valence-corrected chi connectivity index (χ3v) is 5.26. The summed E-state index contributed by atoms with van der Waals surface area (Å²) in [7, 11) is 0. The summed E-state index contributed by atoms with van der Waals surface area (Å²) in [5, 5.41) is 10.9. The van der Waals surface area contributed by atoms with Gasteiger partial charge >= 0.3 is 0 Å². The molecule has 1 amide bonds. The van der Waals surface area contributed by atoms with Crippen molar-refractivity contribution in [3.05, 3.63) is 0 Å². The Morgan fingerprint density at radius 1 is 1.16 bits per heavy atom. The fraction of sp³-hybridized carbons (Fsp3) is 0.929. The molecule has 0 aliphatic heterocycles. The predicted octanol–water partition coefficient (Wildman–Crippen LogP) is 1.95. The fourth-order valence-corrected chi connectivity index (χ4v) is 4.84. The first-order chi connectivity index (χ1) is 8.92. The smallest absolute Gasteiger partial charge is 0.287 e. The van der Waals surface area contributed by atoms with Crippen LogP contribution in [-0.4, -0.2) is 30.1 Å². The average Bonchev–Trinajstić information content (AvgIpc) is 2.34. The van der Waals surface area contributed by atoms with E-state index >= 15 is 0 Å². The van der Waals surface area contributed by atoms with Crippen molar-refractivity contribution in [2.45, 2.75) is 44.4 Å². The van der Waals surface area contributed by atoms with Gasteiger partial charge in [-0.05, 0) is 56.3 Å². The van der Waals surface area contributed by atoms with Crippen LogP contribution in [0.25, 0.3) is 0 Å². The summed E-state index contributed by atoms with van der Waals surface area (Å²) in [6, 6.07) is 0. The first kappa shape index (κ1) is 13.3. The Balaban J connectivity index is 1.66. The molecule has 4 saturated carbocycles. The minimum Gasteiger partial charge on any atom is -0.390 e. The highest BCUT2D eigenvalue weighted by molar-refractivity contribution is 5.83. The number of rotatable bonds is 4. The van der Waals surface area contributed by atoms with Crippen molar-refractivity contribution in [1.82, 2.24) is 5.32 Å². The van der Waals surface area contributed by atoms with E-state index in [2.05, 4.69) is 5.32 Å². The van der Waals surface area contributed by atoms with Crippen LogP contribution in [0.4, 0.5) is 8.78 Å². The molecule has 0 saturated heterocycles. The van der Waals surface area contributed by atoms with Gasteiger partial charge in [0.2, 0.25) is 5.91 Å². The molecule has 0 aromatic carbocycles. The van der Waals surface area contributed by atoms with Gasteiger partial charge in [-0.25, -0.2) is 8.78 Å². The van der Waals surface area contributed by atoms with Gasteiger partial charge in [-0.3, -0.25) is 4.79 Å². The van der Waals surface area contributed by atoms with Gasteiger partial charge in [0.1, 0.15) is 6.61 Å². The molecule has 3 nitrogen and oxygen atoms in total. The van der Waals surface area contributed by atoms with Crippen molar-refractivity contribution >= 4 is 5.91 Å². The summed E-state index contributed by atoms with van der Waals surface area (Å²) in [5.41, 5.74) is -0.389. The highest BCUT2D eigenvalue weighted by Crippen LogP contribution is 2.60. The van der Waals surface area contributed by atoms with Crippen LogP contribution >= 0.6 is 0 Å². The van der Waals surface area contributed by atoms with Crippen molar-refractivity contribution in [1.29, 1.82) is 0 Å². The van der Waals surface area contributed by atoms with Crippen LogP contribution in [0.3, 0.4) is 0 Å². The van der Waals surface area contributed by atoms with Crippen LogP contribution in [0.2, 0.25) is 0 Å². The number of halogens is 2. The molecule has 0 aromatic rings. The molecular formula is C14H21F2NO2. The molecule has 4 rings (SSSR count). The van der Waals surface area contributed by atoms with E-state index in [0.29, 0.717) is 17.8 Å². The molecule has 0 radical (unpaired) electrons. The number of hydrogen-bond donors (Lipinski definition) is 2. The zero-order chi connectivity index (χ0) is 13.7. The Labute approximate surface area is 111 Å². The summed E-state index contributed by atoms with van der Waals surface area (Å²) >= 11 is 0. The second-order valence-corrected chi connectivity index (χ2v) is 6.89.